The van der Waals surface area contributed by atoms with Crippen molar-refractivity contribution in [3.05, 3.63) is 29.8 Å². The molecule has 1 aliphatic heterocycles. The van der Waals surface area contributed by atoms with Crippen LogP contribution in [0.15, 0.2) is 24.3 Å². The molecule has 1 aliphatic rings. The van der Waals surface area contributed by atoms with Crippen LogP contribution in [-0.2, 0) is 11.3 Å². The Morgan fingerprint density at radius 2 is 2.25 bits per heavy atom. The summed E-state index contributed by atoms with van der Waals surface area (Å²) in [6.45, 7) is 2.65. The predicted octanol–water partition coefficient (Wildman–Crippen LogP) is 1.63. The van der Waals surface area contributed by atoms with Crippen molar-refractivity contribution in [3.63, 3.8) is 0 Å². The first-order chi connectivity index (χ1) is 7.83. The maximum atomic E-state index is 5.44. The lowest BCUT2D eigenvalue weighted by Crippen LogP contribution is -2.32. The molecule has 0 amide bonds. The van der Waals surface area contributed by atoms with E-state index in [-0.39, 0.29) is 0 Å². The summed E-state index contributed by atoms with van der Waals surface area (Å²) in [4.78, 5) is 2.35. The van der Waals surface area contributed by atoms with Crippen molar-refractivity contribution in [2.24, 2.45) is 0 Å². The first kappa shape index (κ1) is 11.4. The first-order valence-electron chi connectivity index (χ1n) is 5.86. The van der Waals surface area contributed by atoms with E-state index in [1.54, 1.807) is 0 Å². The Labute approximate surface area is 97.4 Å². The largest absolute Gasteiger partial charge is 0.379 e. The Morgan fingerprint density at radius 3 is 2.94 bits per heavy atom. The van der Waals surface area contributed by atoms with Crippen LogP contribution < -0.4 is 10.2 Å². The molecule has 1 atom stereocenters. The Balaban J connectivity index is 2.17. The molecule has 1 N–H and O–H groups in total. The van der Waals surface area contributed by atoms with Gasteiger partial charge < -0.3 is 15.0 Å². The fourth-order valence-corrected chi connectivity index (χ4v) is 2.22. The second-order valence-electron chi connectivity index (χ2n) is 4.29. The molecular weight excluding hydrogens is 200 g/mol. The summed E-state index contributed by atoms with van der Waals surface area (Å²) in [5, 5.41) is 3.21. The zero-order valence-electron chi connectivity index (χ0n) is 10.1. The molecule has 1 fully saturated rings. The zero-order chi connectivity index (χ0) is 11.4. The van der Waals surface area contributed by atoms with E-state index in [0.717, 1.165) is 26.2 Å². The van der Waals surface area contributed by atoms with Gasteiger partial charge in [-0.1, -0.05) is 18.2 Å². The highest BCUT2D eigenvalue weighted by Crippen LogP contribution is 2.23. The molecule has 88 valence electrons. The molecule has 3 nitrogen and oxygen atoms in total. The van der Waals surface area contributed by atoms with E-state index in [1.807, 2.05) is 7.05 Å². The standard InChI is InChI=1S/C13H20N2O/c1-14-9-11-5-3-4-6-13(11)15(2)12-7-8-16-10-12/h3-6,12,14H,7-10H2,1-2H3. The topological polar surface area (TPSA) is 24.5 Å². The van der Waals surface area contributed by atoms with Crippen LogP contribution in [0.5, 0.6) is 0 Å². The van der Waals surface area contributed by atoms with Gasteiger partial charge in [0.15, 0.2) is 0 Å². The van der Waals surface area contributed by atoms with Crippen LogP contribution in [0.4, 0.5) is 5.69 Å². The minimum absolute atomic E-state index is 0.526. The maximum absolute atomic E-state index is 5.44. The molecule has 1 unspecified atom stereocenters. The van der Waals surface area contributed by atoms with Gasteiger partial charge >= 0.3 is 0 Å². The van der Waals surface area contributed by atoms with Crippen molar-refractivity contribution in [2.45, 2.75) is 19.0 Å². The molecule has 1 heterocycles. The Kier molecular flexibility index (Phi) is 3.80. The van der Waals surface area contributed by atoms with Gasteiger partial charge in [-0.3, -0.25) is 0 Å². The van der Waals surface area contributed by atoms with Gasteiger partial charge in [0.1, 0.15) is 0 Å². The smallest absolute Gasteiger partial charge is 0.0670 e. The zero-order valence-corrected chi connectivity index (χ0v) is 10.1. The van der Waals surface area contributed by atoms with Crippen LogP contribution in [0.25, 0.3) is 0 Å². The lowest BCUT2D eigenvalue weighted by molar-refractivity contribution is 0.193. The number of nitrogens with zero attached hydrogens (tertiary/aromatic N) is 1. The molecule has 16 heavy (non-hydrogen) atoms. The van der Waals surface area contributed by atoms with Gasteiger partial charge in [-0.05, 0) is 25.1 Å². The average Bonchev–Trinajstić information content (AvgIpc) is 2.83. The van der Waals surface area contributed by atoms with Gasteiger partial charge in [-0.25, -0.2) is 0 Å². The molecule has 0 bridgehead atoms. The molecule has 1 aromatic carbocycles. The van der Waals surface area contributed by atoms with Crippen LogP contribution >= 0.6 is 0 Å². The van der Waals surface area contributed by atoms with Crippen molar-refractivity contribution in [2.75, 3.05) is 32.2 Å². The Morgan fingerprint density at radius 1 is 1.44 bits per heavy atom. The summed E-state index contributed by atoms with van der Waals surface area (Å²) in [7, 11) is 4.14. The number of likely N-dealkylation sites (N-methyl/N-ethyl adjacent to an activating group) is 1. The fourth-order valence-electron chi connectivity index (χ4n) is 2.22. The van der Waals surface area contributed by atoms with Gasteiger partial charge in [0.25, 0.3) is 0 Å². The molecule has 0 aliphatic carbocycles. The summed E-state index contributed by atoms with van der Waals surface area (Å²) < 4.78 is 5.44. The highest BCUT2D eigenvalue weighted by molar-refractivity contribution is 5.54. The van der Waals surface area contributed by atoms with E-state index < -0.39 is 0 Å². The number of hydrogen-bond donors (Lipinski definition) is 1. The highest BCUT2D eigenvalue weighted by atomic mass is 16.5. The number of ether oxygens (including phenoxy) is 1. The van der Waals surface area contributed by atoms with Crippen molar-refractivity contribution in [1.82, 2.24) is 5.32 Å². The lowest BCUT2D eigenvalue weighted by Gasteiger charge is -2.27. The molecule has 0 spiro atoms. The Hall–Kier alpha value is -1.06. The first-order valence-corrected chi connectivity index (χ1v) is 5.86. The highest BCUT2D eigenvalue weighted by Gasteiger charge is 2.21. The summed E-state index contributed by atoms with van der Waals surface area (Å²) in [5.74, 6) is 0. The number of hydrogen-bond acceptors (Lipinski definition) is 3. The quantitative estimate of drug-likeness (QED) is 0.834. The summed E-state index contributed by atoms with van der Waals surface area (Å²) in [5.41, 5.74) is 2.66. The van der Waals surface area contributed by atoms with E-state index >= 15 is 0 Å². The number of benzene rings is 1. The lowest BCUT2D eigenvalue weighted by atomic mass is 10.1. The Bertz CT molecular complexity index is 334. The van der Waals surface area contributed by atoms with Gasteiger partial charge in [0.2, 0.25) is 0 Å². The minimum Gasteiger partial charge on any atom is -0.379 e. The van der Waals surface area contributed by atoms with Crippen LogP contribution in [-0.4, -0.2) is 33.4 Å². The van der Waals surface area contributed by atoms with Crippen LogP contribution in [0.1, 0.15) is 12.0 Å². The number of anilines is 1. The molecule has 3 heteroatoms. The second-order valence-corrected chi connectivity index (χ2v) is 4.29. The third-order valence-corrected chi connectivity index (χ3v) is 3.19. The average molecular weight is 220 g/mol. The molecule has 1 aromatic rings. The van der Waals surface area contributed by atoms with Crippen LogP contribution in [0.3, 0.4) is 0 Å². The monoisotopic (exact) mass is 220 g/mol. The fraction of sp³-hybridized carbons (Fsp3) is 0.538. The van der Waals surface area contributed by atoms with Gasteiger partial charge in [0, 0.05) is 25.9 Å². The third kappa shape index (κ3) is 2.36. The maximum Gasteiger partial charge on any atom is 0.0670 e. The summed E-state index contributed by atoms with van der Waals surface area (Å²) in [6.07, 6.45) is 1.13. The third-order valence-electron chi connectivity index (χ3n) is 3.19. The van der Waals surface area contributed by atoms with Gasteiger partial charge in [0.05, 0.1) is 12.6 Å². The normalized spacial score (nSPS) is 20.0. The number of nitrogens with one attached hydrogen (secondary N) is 1. The van der Waals surface area contributed by atoms with Crippen molar-refractivity contribution in [3.8, 4) is 0 Å². The second kappa shape index (κ2) is 5.32. The number of para-hydroxylation sites is 1. The molecule has 1 saturated heterocycles. The number of rotatable bonds is 4. The predicted molar refractivity (Wildman–Crippen MR) is 66.8 cm³/mol. The van der Waals surface area contributed by atoms with Crippen molar-refractivity contribution < 1.29 is 4.74 Å². The summed E-state index contributed by atoms with van der Waals surface area (Å²) in [6, 6.07) is 9.08. The summed E-state index contributed by atoms with van der Waals surface area (Å²) >= 11 is 0. The van der Waals surface area contributed by atoms with E-state index in [4.69, 9.17) is 4.74 Å². The van der Waals surface area contributed by atoms with Gasteiger partial charge in [-0.2, -0.15) is 0 Å². The molecule has 0 radical (unpaired) electrons. The van der Waals surface area contributed by atoms with Crippen molar-refractivity contribution >= 4 is 5.69 Å². The van der Waals surface area contributed by atoms with E-state index in [0.29, 0.717) is 6.04 Å². The van der Waals surface area contributed by atoms with E-state index in [2.05, 4.69) is 41.5 Å². The van der Waals surface area contributed by atoms with E-state index in [9.17, 15) is 0 Å². The molecule has 0 saturated carbocycles. The van der Waals surface area contributed by atoms with Gasteiger partial charge in [-0.15, -0.1) is 0 Å². The molecule has 2 rings (SSSR count). The van der Waals surface area contributed by atoms with E-state index in [1.165, 1.54) is 11.3 Å². The van der Waals surface area contributed by atoms with Crippen LogP contribution in [0.2, 0.25) is 0 Å². The van der Waals surface area contributed by atoms with Crippen LogP contribution in [0, 0.1) is 0 Å². The molecular formula is C13H20N2O. The molecule has 0 aromatic heterocycles. The SMILES string of the molecule is CNCc1ccccc1N(C)C1CCOC1. The van der Waals surface area contributed by atoms with Crippen molar-refractivity contribution in [1.29, 1.82) is 0 Å². The minimum atomic E-state index is 0.526.